The summed E-state index contributed by atoms with van der Waals surface area (Å²) >= 11 is 1.73. The summed E-state index contributed by atoms with van der Waals surface area (Å²) in [5.74, 6) is 1.89. The molecule has 3 atom stereocenters. The smallest absolute Gasteiger partial charge is 0.210 e. The molecular weight excluding hydrogens is 304 g/mol. The number of aryl methyl sites for hydroxylation is 1. The molecule has 2 rings (SSSR count). The maximum atomic E-state index is 6.92. The van der Waals surface area contributed by atoms with Crippen LogP contribution in [0.1, 0.15) is 24.6 Å². The van der Waals surface area contributed by atoms with Crippen LogP contribution in [0, 0.1) is 17.2 Å². The summed E-state index contributed by atoms with van der Waals surface area (Å²) in [6.07, 6.45) is 4.82. The fraction of sp³-hybridized carbons (Fsp3) is 0.692. The monoisotopic (exact) mass is 324 g/mol. The Morgan fingerprint density at radius 3 is 3.29 bits per heavy atom. The number of aliphatic hydroxyl groups is 1. The molecule has 1 nitrogen and oxygen atoms in total. The van der Waals surface area contributed by atoms with Crippen molar-refractivity contribution in [1.82, 2.24) is 0 Å². The van der Waals surface area contributed by atoms with E-state index in [0.29, 0.717) is 24.3 Å². The van der Waals surface area contributed by atoms with Crippen LogP contribution >= 0.6 is 11.3 Å². The fourth-order valence-corrected chi connectivity index (χ4v) is 3.37. The van der Waals surface area contributed by atoms with E-state index in [9.17, 15) is 0 Å². The molecule has 1 aliphatic rings. The molecule has 4 heteroatoms. The molecule has 0 bridgehead atoms. The molecule has 1 aromatic rings. The summed E-state index contributed by atoms with van der Waals surface area (Å²) in [4.78, 5) is 1.43. The Morgan fingerprint density at radius 1 is 1.71 bits per heavy atom. The zero-order valence-corrected chi connectivity index (χ0v) is 14.0. The largest absolute Gasteiger partial charge is 0.396 e. The van der Waals surface area contributed by atoms with Crippen molar-refractivity contribution in [2.75, 3.05) is 6.61 Å². The van der Waals surface area contributed by atoms with Crippen LogP contribution in [0.3, 0.4) is 0 Å². The predicted octanol–water partition coefficient (Wildman–Crippen LogP) is 3.04. The van der Waals surface area contributed by atoms with Gasteiger partial charge in [-0.2, -0.15) is 6.07 Å². The Bertz CT molecular complexity index is 323. The third-order valence-electron chi connectivity index (χ3n) is 3.77. The van der Waals surface area contributed by atoms with Gasteiger partial charge in [0, 0.05) is 39.3 Å². The second kappa shape index (κ2) is 8.09. The number of hydrogen-bond acceptors (Lipinski definition) is 2. The normalized spacial score (nSPS) is 28.3. The first-order valence-electron chi connectivity index (χ1n) is 6.58. The average molecular weight is 324 g/mol. The van der Waals surface area contributed by atoms with E-state index in [2.05, 4.69) is 30.8 Å². The molecule has 1 N–H and O–H groups in total. The quantitative estimate of drug-likeness (QED) is 0.630. The number of aliphatic hydroxyl groups excluding tert-OH is 1. The summed E-state index contributed by atoms with van der Waals surface area (Å²) in [6, 6.07) is 4.16. The maximum Gasteiger partial charge on any atom is 0.210 e. The van der Waals surface area contributed by atoms with Crippen LogP contribution in [0.5, 0.6) is 0 Å². The van der Waals surface area contributed by atoms with Gasteiger partial charge in [0.05, 0.1) is 0 Å². The molecule has 1 fully saturated rings. The maximum absolute atomic E-state index is 6.92. The van der Waals surface area contributed by atoms with Crippen LogP contribution in [-0.2, 0) is 39.1 Å². The van der Waals surface area contributed by atoms with Gasteiger partial charge in [-0.15, -0.1) is 10.3 Å². The van der Waals surface area contributed by atoms with Gasteiger partial charge in [0.1, 0.15) is 7.28 Å². The van der Waals surface area contributed by atoms with Crippen molar-refractivity contribution in [2.45, 2.75) is 38.3 Å². The van der Waals surface area contributed by atoms with Crippen molar-refractivity contribution in [2.24, 2.45) is 11.8 Å². The van der Waals surface area contributed by atoms with Gasteiger partial charge in [-0.3, -0.25) is 0 Å². The minimum atomic E-state index is 0. The van der Waals surface area contributed by atoms with Crippen LogP contribution < -0.4 is 0 Å². The van der Waals surface area contributed by atoms with Gasteiger partial charge in [0.2, 0.25) is 1.43 Å². The van der Waals surface area contributed by atoms with Crippen LogP contribution in [-0.4, -0.2) is 20.4 Å². The summed E-state index contributed by atoms with van der Waals surface area (Å²) in [5, 5.41) is 7.74. The summed E-state index contributed by atoms with van der Waals surface area (Å²) < 4.78 is 6.92. The summed E-state index contributed by atoms with van der Waals surface area (Å²) in [6.45, 7) is 2.86. The molecule has 1 saturated heterocycles. The van der Waals surface area contributed by atoms with Gasteiger partial charge in [-0.25, -0.2) is 6.07 Å². The van der Waals surface area contributed by atoms with Crippen molar-refractivity contribution < 1.29 is 37.8 Å². The standard InChI is InChI=1S/C13H19BOS.Y/c1-10-8-14-13(12(10)9-15)6-2-4-11-5-3-7-16-11;/h3,5,10,12-13,15H,2,4,6,8-9H2,1H3;/q-1;/t10-,12+,13-;/m1./s1/i15D;. The van der Waals surface area contributed by atoms with E-state index in [0.717, 1.165) is 0 Å². The van der Waals surface area contributed by atoms with Gasteiger partial charge in [0.15, 0.2) is 0 Å². The number of rotatable bonds is 6. The van der Waals surface area contributed by atoms with E-state index < -0.39 is 0 Å². The van der Waals surface area contributed by atoms with E-state index in [-0.39, 0.29) is 32.7 Å². The van der Waals surface area contributed by atoms with Gasteiger partial charge in [-0.1, -0.05) is 38.3 Å². The molecule has 1 aliphatic heterocycles. The van der Waals surface area contributed by atoms with E-state index in [4.69, 9.17) is 1.43 Å². The van der Waals surface area contributed by atoms with Crippen LogP contribution in [0.4, 0.5) is 0 Å². The Labute approximate surface area is 136 Å². The third-order valence-corrected chi connectivity index (χ3v) is 4.63. The first-order chi connectivity index (χ1) is 8.31. The van der Waals surface area contributed by atoms with Crippen molar-refractivity contribution >= 4 is 18.6 Å². The molecule has 2 radical (unpaired) electrons. The second-order valence-electron chi connectivity index (χ2n) is 4.85. The van der Waals surface area contributed by atoms with Crippen molar-refractivity contribution in [3.05, 3.63) is 22.4 Å². The van der Waals surface area contributed by atoms with E-state index >= 15 is 0 Å². The number of thiophene rings is 1. The van der Waals surface area contributed by atoms with Crippen molar-refractivity contribution in [1.29, 1.82) is 1.43 Å². The molecule has 1 aromatic heterocycles. The second-order valence-corrected chi connectivity index (χ2v) is 5.82. The molecule has 0 aromatic carbocycles. The molecule has 0 unspecified atom stereocenters. The Balaban J connectivity index is 0.00000162. The molecule has 17 heavy (non-hydrogen) atoms. The Hall–Kier alpha value is 0.829. The third kappa shape index (κ3) is 4.45. The molecular formula is C13H19BOSY-. The minimum absolute atomic E-state index is 0. The zero-order chi connectivity index (χ0) is 12.1. The first kappa shape index (κ1) is 14.2. The number of hydrogen-bond donors (Lipinski definition) is 1. The molecule has 0 spiro atoms. The summed E-state index contributed by atoms with van der Waals surface area (Å²) in [7, 11) is 2.44. The molecule has 0 saturated carbocycles. The molecule has 90 valence electrons. The van der Waals surface area contributed by atoms with Crippen LogP contribution in [0.15, 0.2) is 12.1 Å². The molecule has 2 heterocycles. The van der Waals surface area contributed by atoms with Crippen LogP contribution in [0.2, 0.25) is 12.1 Å². The van der Waals surface area contributed by atoms with Crippen LogP contribution in [0.25, 0.3) is 0 Å². The van der Waals surface area contributed by atoms with Gasteiger partial charge < -0.3 is 16.4 Å². The minimum Gasteiger partial charge on any atom is -0.396 e. The first-order valence-corrected chi connectivity index (χ1v) is 6.99. The predicted molar refractivity (Wildman–Crippen MR) is 70.1 cm³/mol. The van der Waals surface area contributed by atoms with Crippen molar-refractivity contribution in [3.8, 4) is 0 Å². The van der Waals surface area contributed by atoms with Gasteiger partial charge >= 0.3 is 0 Å². The van der Waals surface area contributed by atoms with E-state index in [1.807, 2.05) is 6.07 Å². The van der Waals surface area contributed by atoms with Crippen molar-refractivity contribution in [3.63, 3.8) is 0 Å². The average Bonchev–Trinajstić information content (AvgIpc) is 2.93. The SMILES string of the molecule is [2H]OC[C@H]1[C@H](C)C[B][C@@H]1CCCc1cc[c-]s1.[Y]. The van der Waals surface area contributed by atoms with E-state index in [1.165, 1.54) is 30.5 Å². The summed E-state index contributed by atoms with van der Waals surface area (Å²) in [5.41, 5.74) is 0. The molecule has 0 amide bonds. The van der Waals surface area contributed by atoms with E-state index in [1.54, 1.807) is 11.3 Å². The zero-order valence-electron chi connectivity index (χ0n) is 11.4. The molecule has 0 aliphatic carbocycles. The van der Waals surface area contributed by atoms with Gasteiger partial charge in [0.25, 0.3) is 0 Å². The Kier molecular flexibility index (Phi) is 6.78. The fourth-order valence-electron chi connectivity index (χ4n) is 2.70. The van der Waals surface area contributed by atoms with Gasteiger partial charge in [-0.05, 0) is 11.8 Å². The topological polar surface area (TPSA) is 20.2 Å². The Morgan fingerprint density at radius 2 is 2.59 bits per heavy atom.